The van der Waals surface area contributed by atoms with Gasteiger partial charge in [-0.1, -0.05) is 42.5 Å². The van der Waals surface area contributed by atoms with Gasteiger partial charge < -0.3 is 14.8 Å². The van der Waals surface area contributed by atoms with Crippen LogP contribution in [0, 0.1) is 11.8 Å². The van der Waals surface area contributed by atoms with E-state index in [1.807, 2.05) is 6.07 Å². The average Bonchev–Trinajstić information content (AvgIpc) is 3.23. The fourth-order valence-corrected chi connectivity index (χ4v) is 4.90. The number of carboxylic acid groups (broad SMARTS) is 1. The van der Waals surface area contributed by atoms with Crippen LogP contribution in [0.1, 0.15) is 35.7 Å². The highest BCUT2D eigenvalue weighted by Crippen LogP contribution is 2.44. The zero-order valence-corrected chi connectivity index (χ0v) is 16.1. The Morgan fingerprint density at radius 1 is 1.11 bits per heavy atom. The average molecular weight is 377 g/mol. The summed E-state index contributed by atoms with van der Waals surface area (Å²) < 4.78 is 0. The molecular weight excluding hydrogens is 352 g/mol. The molecule has 2 aliphatic rings. The van der Waals surface area contributed by atoms with Crippen LogP contribution in [0.4, 0.5) is 10.5 Å². The number of benzene rings is 2. The molecule has 5 heteroatoms. The second-order valence-corrected chi connectivity index (χ2v) is 7.97. The zero-order valence-electron chi connectivity index (χ0n) is 16.1. The summed E-state index contributed by atoms with van der Waals surface area (Å²) in [5.74, 6) is 0.726. The Kier molecular flexibility index (Phi) is 5.18. The molecule has 1 heterocycles. The van der Waals surface area contributed by atoms with Crippen molar-refractivity contribution in [3.8, 4) is 0 Å². The predicted molar refractivity (Wildman–Crippen MR) is 106 cm³/mol. The van der Waals surface area contributed by atoms with E-state index in [1.165, 1.54) is 17.4 Å². The summed E-state index contributed by atoms with van der Waals surface area (Å²) >= 11 is 0. The Balaban J connectivity index is 1.51. The van der Waals surface area contributed by atoms with Crippen molar-refractivity contribution in [2.75, 3.05) is 18.0 Å². The number of ketones is 1. The van der Waals surface area contributed by atoms with Crippen LogP contribution < -0.4 is 10.0 Å². The smallest absolute Gasteiger partial charge is 0.159 e. The molecule has 146 valence electrons. The molecule has 28 heavy (non-hydrogen) atoms. The lowest BCUT2D eigenvalue weighted by Gasteiger charge is -2.31. The molecule has 0 aromatic heterocycles. The topological polar surface area (TPSA) is 63.7 Å². The number of anilines is 1. The normalized spacial score (nSPS) is 23.7. The molecule has 1 aliphatic heterocycles. The molecule has 5 nitrogen and oxygen atoms in total. The van der Waals surface area contributed by atoms with Gasteiger partial charge >= 0.3 is 0 Å². The molecule has 1 aliphatic carbocycles. The van der Waals surface area contributed by atoms with Crippen LogP contribution in [0.15, 0.2) is 54.6 Å². The van der Waals surface area contributed by atoms with E-state index in [1.54, 1.807) is 24.3 Å². The molecule has 0 N–H and O–H groups in total. The van der Waals surface area contributed by atoms with Crippen molar-refractivity contribution >= 4 is 17.6 Å². The molecule has 2 fully saturated rings. The summed E-state index contributed by atoms with van der Waals surface area (Å²) in [5, 5.41) is 11.9. The van der Waals surface area contributed by atoms with Gasteiger partial charge in [0.05, 0.1) is 0 Å². The maximum Gasteiger partial charge on any atom is 0.159 e. The van der Waals surface area contributed by atoms with E-state index in [0.717, 1.165) is 25.9 Å². The number of piperidine rings is 1. The van der Waals surface area contributed by atoms with Crippen LogP contribution in [-0.4, -0.2) is 35.9 Å². The first-order valence-corrected chi connectivity index (χ1v) is 9.90. The molecule has 3 unspecified atom stereocenters. The van der Waals surface area contributed by atoms with E-state index in [9.17, 15) is 14.7 Å². The SMILES string of the molecule is CC(=O)c1cccc(N(CC2C3CCC2N(Cc2ccccc2)C3)C(=O)[O-])c1. The van der Waals surface area contributed by atoms with Gasteiger partial charge in [-0.3, -0.25) is 9.69 Å². The number of Topliss-reactive ketones (excluding diaryl/α,β-unsaturated/α-hetero) is 1. The fraction of sp³-hybridized carbons (Fsp3) is 0.391. The number of hydrogen-bond donors (Lipinski definition) is 0. The first kappa shape index (κ1) is 18.7. The summed E-state index contributed by atoms with van der Waals surface area (Å²) in [6.45, 7) is 3.83. The van der Waals surface area contributed by atoms with E-state index in [4.69, 9.17) is 0 Å². The van der Waals surface area contributed by atoms with Crippen LogP contribution in [0.25, 0.3) is 0 Å². The highest BCUT2D eigenvalue weighted by Gasteiger charge is 2.47. The number of fused-ring (bicyclic) bond motifs is 2. The largest absolute Gasteiger partial charge is 0.530 e. The van der Waals surface area contributed by atoms with Gasteiger partial charge in [0.2, 0.25) is 0 Å². The maximum absolute atomic E-state index is 11.9. The summed E-state index contributed by atoms with van der Waals surface area (Å²) in [4.78, 5) is 27.4. The van der Waals surface area contributed by atoms with Crippen LogP contribution in [0.3, 0.4) is 0 Å². The highest BCUT2D eigenvalue weighted by molar-refractivity contribution is 5.96. The van der Waals surface area contributed by atoms with Crippen molar-refractivity contribution < 1.29 is 14.7 Å². The van der Waals surface area contributed by atoms with Crippen molar-refractivity contribution in [1.82, 2.24) is 4.90 Å². The minimum atomic E-state index is -1.21. The van der Waals surface area contributed by atoms with Gasteiger partial charge in [-0.05, 0) is 49.3 Å². The predicted octanol–water partition coefficient (Wildman–Crippen LogP) is 2.95. The lowest BCUT2D eigenvalue weighted by molar-refractivity contribution is -0.246. The maximum atomic E-state index is 11.9. The Hall–Kier alpha value is -2.66. The van der Waals surface area contributed by atoms with Crippen molar-refractivity contribution in [3.63, 3.8) is 0 Å². The van der Waals surface area contributed by atoms with Gasteiger partial charge in [0, 0.05) is 36.9 Å². The standard InChI is InChI=1S/C23H26N2O3/c1-16(26)18-8-5-9-20(12-18)25(23(27)28)15-21-19-10-11-22(21)24(14-19)13-17-6-3-2-4-7-17/h2-9,12,19,21-22H,10-11,13-15H2,1H3,(H,27,28)/p-1. The fourth-order valence-electron chi connectivity index (χ4n) is 4.90. The number of carbonyl (C=O) groups excluding carboxylic acids is 2. The number of carbonyl (C=O) groups is 2. The Morgan fingerprint density at radius 2 is 1.89 bits per heavy atom. The number of rotatable bonds is 6. The van der Waals surface area contributed by atoms with Crippen LogP contribution in [0.2, 0.25) is 0 Å². The highest BCUT2D eigenvalue weighted by atomic mass is 16.4. The van der Waals surface area contributed by atoms with Gasteiger partial charge in [0.25, 0.3) is 0 Å². The first-order chi connectivity index (χ1) is 13.5. The van der Waals surface area contributed by atoms with Gasteiger partial charge in [0.15, 0.2) is 5.78 Å². The Morgan fingerprint density at radius 3 is 2.61 bits per heavy atom. The zero-order chi connectivity index (χ0) is 19.7. The van der Waals surface area contributed by atoms with Crippen LogP contribution >= 0.6 is 0 Å². The Labute approximate surface area is 165 Å². The molecule has 2 bridgehead atoms. The van der Waals surface area contributed by atoms with Crippen molar-refractivity contribution in [1.29, 1.82) is 0 Å². The van der Waals surface area contributed by atoms with Gasteiger partial charge in [-0.2, -0.15) is 0 Å². The van der Waals surface area contributed by atoms with E-state index in [2.05, 4.69) is 29.2 Å². The molecule has 0 radical (unpaired) electrons. The number of nitrogens with zero attached hydrogens (tertiary/aromatic N) is 2. The second kappa shape index (κ2) is 7.76. The van der Waals surface area contributed by atoms with Crippen molar-refractivity contribution in [3.05, 3.63) is 65.7 Å². The lowest BCUT2D eigenvalue weighted by Crippen LogP contribution is -2.46. The van der Waals surface area contributed by atoms with Gasteiger partial charge in [-0.25, -0.2) is 0 Å². The summed E-state index contributed by atoms with van der Waals surface area (Å²) in [6, 6.07) is 17.6. The molecule has 2 aromatic carbocycles. The molecule has 1 saturated heterocycles. The van der Waals surface area contributed by atoms with Gasteiger partial charge in [-0.15, -0.1) is 0 Å². The number of amides is 1. The van der Waals surface area contributed by atoms with E-state index in [-0.39, 0.29) is 5.78 Å². The van der Waals surface area contributed by atoms with Crippen molar-refractivity contribution in [2.45, 2.75) is 32.4 Å². The summed E-state index contributed by atoms with van der Waals surface area (Å²) in [6.07, 6.45) is 1.05. The molecular formula is C23H25N2O3-. The molecule has 1 saturated carbocycles. The molecule has 0 spiro atoms. The van der Waals surface area contributed by atoms with E-state index in [0.29, 0.717) is 35.7 Å². The third kappa shape index (κ3) is 3.67. The van der Waals surface area contributed by atoms with Gasteiger partial charge in [0.1, 0.15) is 6.09 Å². The minimum Gasteiger partial charge on any atom is -0.530 e. The lowest BCUT2D eigenvalue weighted by atomic mass is 9.97. The molecule has 4 rings (SSSR count). The first-order valence-electron chi connectivity index (χ1n) is 9.90. The van der Waals surface area contributed by atoms with E-state index < -0.39 is 6.09 Å². The molecule has 1 amide bonds. The second-order valence-electron chi connectivity index (χ2n) is 7.97. The van der Waals surface area contributed by atoms with Crippen LogP contribution in [-0.2, 0) is 6.54 Å². The van der Waals surface area contributed by atoms with Crippen LogP contribution in [0.5, 0.6) is 0 Å². The third-order valence-electron chi connectivity index (χ3n) is 6.28. The third-order valence-corrected chi connectivity index (χ3v) is 6.28. The quantitative estimate of drug-likeness (QED) is 0.726. The van der Waals surface area contributed by atoms with Crippen molar-refractivity contribution in [2.24, 2.45) is 11.8 Å². The Bertz CT molecular complexity index is 867. The number of hydrogen-bond acceptors (Lipinski definition) is 4. The van der Waals surface area contributed by atoms with E-state index >= 15 is 0 Å². The number of likely N-dealkylation sites (tertiary alicyclic amines) is 1. The molecule has 2 aromatic rings. The monoisotopic (exact) mass is 377 g/mol. The minimum absolute atomic E-state index is 0.0740. The summed E-state index contributed by atoms with van der Waals surface area (Å²) in [5.41, 5.74) is 2.33. The molecule has 3 atom stereocenters. The summed E-state index contributed by atoms with van der Waals surface area (Å²) in [7, 11) is 0.